The Hall–Kier alpha value is -2.33. The van der Waals surface area contributed by atoms with Crippen molar-refractivity contribution in [1.29, 1.82) is 0 Å². The van der Waals surface area contributed by atoms with Crippen molar-refractivity contribution in [1.82, 2.24) is 9.99 Å². The maximum absolute atomic E-state index is 12.4. The third kappa shape index (κ3) is 6.17. The zero-order chi connectivity index (χ0) is 24.3. The molecule has 2 aromatic carbocycles. The number of hydrogen-bond donors (Lipinski definition) is 1. The number of hydrogen-bond acceptors (Lipinski definition) is 4. The fourth-order valence-corrected chi connectivity index (χ4v) is 4.92. The summed E-state index contributed by atoms with van der Waals surface area (Å²) in [6.07, 6.45) is 2.54. The molecule has 11 heteroatoms. The lowest BCUT2D eigenvalue weighted by atomic mass is 10.2. The fraction of sp³-hybridized carbons (Fsp3) is 0.182. The highest BCUT2D eigenvalue weighted by Crippen LogP contribution is 2.28. The Morgan fingerprint density at radius 2 is 1.91 bits per heavy atom. The minimum absolute atomic E-state index is 0.368. The molecule has 0 saturated heterocycles. The number of benzene rings is 2. The number of carbonyl (C=O) groups is 1. The van der Waals surface area contributed by atoms with Gasteiger partial charge >= 0.3 is 0 Å². The van der Waals surface area contributed by atoms with Gasteiger partial charge in [-0.1, -0.05) is 45.2 Å². The minimum Gasteiger partial charge on any atom is -0.316 e. The molecule has 0 saturated carbocycles. The molecule has 0 spiro atoms. The van der Waals surface area contributed by atoms with E-state index in [2.05, 4.69) is 26.5 Å². The molecule has 7 nitrogen and oxygen atoms in total. The van der Waals surface area contributed by atoms with Crippen molar-refractivity contribution in [2.45, 2.75) is 13.8 Å². The third-order valence-electron chi connectivity index (χ3n) is 4.80. The largest absolute Gasteiger partial charge is 0.316 e. The van der Waals surface area contributed by atoms with E-state index in [4.69, 9.17) is 23.2 Å². The van der Waals surface area contributed by atoms with Crippen LogP contribution in [0.2, 0.25) is 10.0 Å². The smallest absolute Gasteiger partial charge is 0.260 e. The number of carbonyl (C=O) groups excluding carboxylic acids is 1. The quantitative estimate of drug-likeness (QED) is 0.317. The molecule has 1 heterocycles. The molecule has 1 aromatic heterocycles. The summed E-state index contributed by atoms with van der Waals surface area (Å²) in [7, 11) is -3.68. The predicted octanol–water partition coefficient (Wildman–Crippen LogP) is 5.08. The molecule has 0 aliphatic heterocycles. The molecule has 0 atom stereocenters. The average molecular weight is 572 g/mol. The Labute approximate surface area is 211 Å². The first-order valence-corrected chi connectivity index (χ1v) is 13.1. The lowest BCUT2D eigenvalue weighted by Crippen LogP contribution is -2.39. The van der Waals surface area contributed by atoms with Gasteiger partial charge < -0.3 is 4.57 Å². The van der Waals surface area contributed by atoms with Crippen molar-refractivity contribution >= 4 is 67.0 Å². The number of nitrogens with one attached hydrogen (secondary N) is 1. The van der Waals surface area contributed by atoms with E-state index in [9.17, 15) is 13.2 Å². The maximum Gasteiger partial charge on any atom is 0.260 e. The molecular weight excluding hydrogens is 551 g/mol. The van der Waals surface area contributed by atoms with E-state index >= 15 is 0 Å². The zero-order valence-corrected chi connectivity index (χ0v) is 21.9. The van der Waals surface area contributed by atoms with Gasteiger partial charge in [0.05, 0.1) is 28.9 Å². The van der Waals surface area contributed by atoms with E-state index in [1.54, 1.807) is 42.5 Å². The number of nitrogens with zero attached hydrogens (tertiary/aromatic N) is 3. The second-order valence-corrected chi connectivity index (χ2v) is 11.0. The van der Waals surface area contributed by atoms with Crippen LogP contribution in [0, 0.1) is 13.8 Å². The lowest BCUT2D eigenvalue weighted by molar-refractivity contribution is -0.119. The van der Waals surface area contributed by atoms with Crippen molar-refractivity contribution < 1.29 is 13.2 Å². The molecule has 1 amide bonds. The van der Waals surface area contributed by atoms with Crippen LogP contribution in [0.3, 0.4) is 0 Å². The molecule has 3 aromatic rings. The third-order valence-corrected chi connectivity index (χ3v) is 6.98. The molecule has 0 aliphatic carbocycles. The summed E-state index contributed by atoms with van der Waals surface area (Å²) in [4.78, 5) is 12.4. The van der Waals surface area contributed by atoms with Crippen molar-refractivity contribution in [2.75, 3.05) is 17.1 Å². The number of anilines is 1. The topological polar surface area (TPSA) is 83.8 Å². The Balaban J connectivity index is 1.77. The van der Waals surface area contributed by atoms with Crippen LogP contribution in [0.25, 0.3) is 5.69 Å². The zero-order valence-electron chi connectivity index (χ0n) is 18.0. The van der Waals surface area contributed by atoms with E-state index < -0.39 is 22.5 Å². The van der Waals surface area contributed by atoms with Gasteiger partial charge in [0, 0.05) is 26.4 Å². The number of sulfonamides is 1. The molecule has 3 rings (SSSR count). The highest BCUT2D eigenvalue weighted by molar-refractivity contribution is 9.10. The Morgan fingerprint density at radius 3 is 2.58 bits per heavy atom. The first kappa shape index (κ1) is 25.3. The number of aromatic nitrogens is 1. The van der Waals surface area contributed by atoms with E-state index in [0.29, 0.717) is 20.2 Å². The van der Waals surface area contributed by atoms with Crippen LogP contribution in [-0.4, -0.2) is 37.9 Å². The van der Waals surface area contributed by atoms with Gasteiger partial charge in [-0.15, -0.1) is 0 Å². The maximum atomic E-state index is 12.4. The number of halogens is 3. The summed E-state index contributed by atoms with van der Waals surface area (Å²) in [5, 5.41) is 5.12. The number of amides is 1. The second kappa shape index (κ2) is 10.3. The van der Waals surface area contributed by atoms with Crippen LogP contribution >= 0.6 is 39.1 Å². The van der Waals surface area contributed by atoms with Crippen LogP contribution < -0.4 is 9.73 Å². The summed E-state index contributed by atoms with van der Waals surface area (Å²) < 4.78 is 28.1. The number of hydrazone groups is 1. The normalized spacial score (nSPS) is 11.7. The van der Waals surface area contributed by atoms with Crippen LogP contribution in [0.15, 0.2) is 58.1 Å². The molecule has 33 heavy (non-hydrogen) atoms. The van der Waals surface area contributed by atoms with E-state index in [1.165, 1.54) is 6.21 Å². The van der Waals surface area contributed by atoms with Crippen molar-refractivity contribution in [3.05, 3.63) is 80.0 Å². The lowest BCUT2D eigenvalue weighted by Gasteiger charge is -2.21. The summed E-state index contributed by atoms with van der Waals surface area (Å²) in [5.74, 6) is -0.580. The number of aryl methyl sites for hydroxylation is 1. The monoisotopic (exact) mass is 570 g/mol. The second-order valence-electron chi connectivity index (χ2n) is 7.30. The number of rotatable bonds is 7. The van der Waals surface area contributed by atoms with Crippen LogP contribution in [0.5, 0.6) is 0 Å². The Kier molecular flexibility index (Phi) is 7.89. The fourth-order valence-electron chi connectivity index (χ4n) is 3.32. The van der Waals surface area contributed by atoms with Gasteiger partial charge in [0.25, 0.3) is 5.91 Å². The van der Waals surface area contributed by atoms with E-state index in [-0.39, 0.29) is 0 Å². The van der Waals surface area contributed by atoms with Gasteiger partial charge in [0.2, 0.25) is 10.0 Å². The SMILES string of the molecule is Cc1cc(/C=N\NC(=O)CN(c2cccc(Br)c2)S(C)(=O)=O)c(C)n1-c1cc(Cl)ccc1Cl. The molecule has 0 bridgehead atoms. The van der Waals surface area contributed by atoms with Crippen molar-refractivity contribution in [3.8, 4) is 5.69 Å². The van der Waals surface area contributed by atoms with Gasteiger partial charge in [0.1, 0.15) is 6.54 Å². The molecule has 0 unspecified atom stereocenters. The Bertz CT molecular complexity index is 1340. The van der Waals surface area contributed by atoms with Crippen LogP contribution in [0.4, 0.5) is 5.69 Å². The van der Waals surface area contributed by atoms with Crippen molar-refractivity contribution in [3.63, 3.8) is 0 Å². The van der Waals surface area contributed by atoms with Gasteiger partial charge in [-0.3, -0.25) is 9.10 Å². The van der Waals surface area contributed by atoms with Crippen LogP contribution in [-0.2, 0) is 14.8 Å². The highest BCUT2D eigenvalue weighted by atomic mass is 79.9. The molecule has 174 valence electrons. The summed E-state index contributed by atoms with van der Waals surface area (Å²) in [6.45, 7) is 3.40. The molecule has 0 fully saturated rings. The van der Waals surface area contributed by atoms with Gasteiger partial charge in [-0.05, 0) is 56.3 Å². The summed E-state index contributed by atoms with van der Waals surface area (Å²) >= 11 is 15.8. The molecular formula is C22H21BrCl2N4O3S. The van der Waals surface area contributed by atoms with Gasteiger partial charge in [-0.2, -0.15) is 5.10 Å². The van der Waals surface area contributed by atoms with Gasteiger partial charge in [-0.25, -0.2) is 13.8 Å². The standard InChI is InChI=1S/C22H21BrCl2N4O3S/c1-14-9-16(15(2)29(14)21-11-18(24)7-8-20(21)25)12-26-27-22(30)13-28(33(3,31)32)19-6-4-5-17(23)10-19/h4-12H,13H2,1-3H3,(H,27,30)/b26-12-. The molecule has 0 aliphatic rings. The molecule has 1 N–H and O–H groups in total. The van der Waals surface area contributed by atoms with Crippen molar-refractivity contribution in [2.24, 2.45) is 5.10 Å². The van der Waals surface area contributed by atoms with Crippen LogP contribution in [0.1, 0.15) is 17.0 Å². The van der Waals surface area contributed by atoms with Gasteiger partial charge in [0.15, 0.2) is 0 Å². The predicted molar refractivity (Wildman–Crippen MR) is 137 cm³/mol. The Morgan fingerprint density at radius 1 is 1.18 bits per heavy atom. The first-order chi connectivity index (χ1) is 15.5. The van der Waals surface area contributed by atoms with E-state index in [0.717, 1.165) is 33.2 Å². The summed E-state index contributed by atoms with van der Waals surface area (Å²) in [6, 6.07) is 13.8. The molecule has 0 radical (unpaired) electrons. The average Bonchev–Trinajstić information content (AvgIpc) is 3.00. The summed E-state index contributed by atoms with van der Waals surface area (Å²) in [5.41, 5.74) is 6.01. The first-order valence-electron chi connectivity index (χ1n) is 9.67. The van der Waals surface area contributed by atoms with E-state index in [1.807, 2.05) is 24.5 Å². The minimum atomic E-state index is -3.68. The highest BCUT2D eigenvalue weighted by Gasteiger charge is 2.21.